The molecule has 0 bridgehead atoms. The van der Waals surface area contributed by atoms with Crippen LogP contribution in [-0.2, 0) is 24.2 Å². The second-order valence-electron chi connectivity index (χ2n) is 1.66. The average Bonchev–Trinajstić information content (AvgIpc) is 1.80. The second kappa shape index (κ2) is 9.38. The molecule has 0 atom stereocenters. The van der Waals surface area contributed by atoms with Gasteiger partial charge >= 0.3 is 0 Å². The van der Waals surface area contributed by atoms with Gasteiger partial charge in [0.15, 0.2) is 0 Å². The minimum Gasteiger partial charge on any atom is -0.471 e. The van der Waals surface area contributed by atoms with Crippen molar-refractivity contribution in [3.63, 3.8) is 0 Å². The fourth-order valence-electron chi connectivity index (χ4n) is 0.419. The fourth-order valence-corrected chi connectivity index (χ4v) is 0.502. The Hall–Kier alpha value is 0.378. The zero-order chi connectivity index (χ0) is 7.11. The molecule has 0 fully saturated rings. The molecule has 0 rings (SSSR count). The smallest absolute Gasteiger partial charge is 0.253 e. The number of thiocarbonyl (C=S) groups is 1. The maximum Gasteiger partial charge on any atom is 0.253 e. The summed E-state index contributed by atoms with van der Waals surface area (Å²) in [4.78, 5) is 0. The van der Waals surface area contributed by atoms with Gasteiger partial charge in [-0.1, -0.05) is 12.7 Å². The maximum absolute atomic E-state index is 5.23. The first-order valence-corrected chi connectivity index (χ1v) is 3.30. The van der Waals surface area contributed by atoms with Gasteiger partial charge in [-0.15, -0.1) is 0 Å². The molecule has 0 saturated carbocycles. The van der Waals surface area contributed by atoms with Gasteiger partial charge in [-0.3, -0.25) is 0 Å². The van der Waals surface area contributed by atoms with E-state index in [4.69, 9.17) is 18.3 Å². The molecule has 0 amide bonds. The van der Waals surface area contributed by atoms with E-state index in [0.717, 1.165) is 12.8 Å². The van der Waals surface area contributed by atoms with Crippen molar-refractivity contribution >= 4 is 25.2 Å². The van der Waals surface area contributed by atoms with Crippen molar-refractivity contribution in [2.45, 2.75) is 19.2 Å². The molecule has 5 heteroatoms. The monoisotopic (exact) mass is 207 g/mol. The van der Waals surface area contributed by atoms with Crippen LogP contribution in [0.15, 0.2) is 0 Å². The van der Waals surface area contributed by atoms with E-state index in [1.165, 1.54) is 0 Å². The zero-order valence-corrected chi connectivity index (χ0v) is 9.79. The van der Waals surface area contributed by atoms with Crippen molar-refractivity contribution in [2.24, 2.45) is 5.73 Å². The van der Waals surface area contributed by atoms with Crippen LogP contribution < -0.4 is 5.73 Å². The van der Waals surface area contributed by atoms with Gasteiger partial charge in [-0.2, -0.15) is 0 Å². The van der Waals surface area contributed by atoms with Gasteiger partial charge in [0.05, 0.1) is 14.5 Å². The van der Waals surface area contributed by atoms with Gasteiger partial charge in [0.1, 0.15) is 0 Å². The van der Waals surface area contributed by atoms with Crippen LogP contribution in [0, 0.1) is 0 Å². The minimum absolute atomic E-state index is 0. The molecule has 0 spiro atoms. The first kappa shape index (κ1) is 13.0. The third-order valence-electron chi connectivity index (χ3n) is 0.843. The Balaban J connectivity index is 0. The van der Waals surface area contributed by atoms with Crippen LogP contribution in [0.3, 0.4) is 0 Å². The van der Waals surface area contributed by atoms with Crippen molar-refractivity contribution in [2.75, 3.05) is 6.61 Å². The molecule has 2 radical (unpaired) electrons. The number of nitrogens with two attached hydrogens (primary N) is 1. The van der Waals surface area contributed by atoms with Crippen LogP contribution in [0.5, 0.6) is 0 Å². The Labute approximate surface area is 81.0 Å². The van der Waals surface area contributed by atoms with Gasteiger partial charge in [-0.25, -0.2) is 0 Å². The molecule has 0 aromatic heterocycles. The first-order valence-electron chi connectivity index (χ1n) is 2.89. The molecule has 0 aliphatic rings. The summed E-state index contributed by atoms with van der Waals surface area (Å²) in [6, 6.07) is 0. The third-order valence-corrected chi connectivity index (χ3v) is 0.961. The SMILES string of the molecule is [B]CCCCOC(N)=S.[Zn]. The van der Waals surface area contributed by atoms with E-state index in [1.807, 2.05) is 0 Å². The molecule has 0 aliphatic carbocycles. The van der Waals surface area contributed by atoms with E-state index < -0.39 is 0 Å². The van der Waals surface area contributed by atoms with E-state index in [0.29, 0.717) is 12.9 Å². The standard InChI is InChI=1S/C5H10BNOS.Zn/c6-3-1-2-4-8-5(7)9;/h1-4H2,(H2,7,9);. The van der Waals surface area contributed by atoms with Gasteiger partial charge in [0.2, 0.25) is 0 Å². The van der Waals surface area contributed by atoms with Crippen LogP contribution >= 0.6 is 12.2 Å². The summed E-state index contributed by atoms with van der Waals surface area (Å²) in [5.41, 5.74) is 5.05. The van der Waals surface area contributed by atoms with Crippen LogP contribution in [0.25, 0.3) is 0 Å². The van der Waals surface area contributed by atoms with E-state index >= 15 is 0 Å². The topological polar surface area (TPSA) is 35.2 Å². The normalized spacial score (nSPS) is 8.00. The van der Waals surface area contributed by atoms with Crippen molar-refractivity contribution in [1.82, 2.24) is 0 Å². The van der Waals surface area contributed by atoms with Crippen LogP contribution in [0.2, 0.25) is 6.32 Å². The van der Waals surface area contributed by atoms with Crippen LogP contribution in [0.1, 0.15) is 12.8 Å². The molecule has 0 saturated heterocycles. The molecule has 52 valence electrons. The summed E-state index contributed by atoms with van der Waals surface area (Å²) in [5.74, 6) is 0. The minimum atomic E-state index is 0. The Morgan fingerprint density at radius 1 is 1.50 bits per heavy atom. The predicted molar refractivity (Wildman–Crippen MR) is 42.5 cm³/mol. The molecule has 0 heterocycles. The summed E-state index contributed by atoms with van der Waals surface area (Å²) < 4.78 is 4.80. The molecule has 0 unspecified atom stereocenters. The second-order valence-corrected chi connectivity index (χ2v) is 2.07. The number of rotatable bonds is 4. The molecule has 0 aromatic rings. The predicted octanol–water partition coefficient (Wildman–Crippen LogP) is 0.611. The van der Waals surface area contributed by atoms with Gasteiger partial charge < -0.3 is 10.5 Å². The number of hydrogen-bond donors (Lipinski definition) is 1. The van der Waals surface area contributed by atoms with Crippen molar-refractivity contribution in [3.05, 3.63) is 0 Å². The first-order chi connectivity index (χ1) is 4.27. The zero-order valence-electron chi connectivity index (χ0n) is 6.01. The van der Waals surface area contributed by atoms with Gasteiger partial charge in [-0.05, 0) is 18.6 Å². The fraction of sp³-hybridized carbons (Fsp3) is 0.800. The van der Waals surface area contributed by atoms with Gasteiger partial charge in [0.25, 0.3) is 5.17 Å². The van der Waals surface area contributed by atoms with E-state index in [9.17, 15) is 0 Å². The molecular formula is C5H10BNOSZn. The van der Waals surface area contributed by atoms with Crippen molar-refractivity contribution < 1.29 is 24.2 Å². The van der Waals surface area contributed by atoms with E-state index in [-0.39, 0.29) is 24.7 Å². The van der Waals surface area contributed by atoms with Gasteiger partial charge in [0, 0.05) is 19.5 Å². The summed E-state index contributed by atoms with van der Waals surface area (Å²) >= 11 is 4.47. The summed E-state index contributed by atoms with van der Waals surface area (Å²) in [6.45, 7) is 0.590. The van der Waals surface area contributed by atoms with Crippen molar-refractivity contribution in [1.29, 1.82) is 0 Å². The van der Waals surface area contributed by atoms with Crippen molar-refractivity contribution in [3.8, 4) is 0 Å². The van der Waals surface area contributed by atoms with Crippen LogP contribution in [-0.4, -0.2) is 19.6 Å². The third kappa shape index (κ3) is 11.2. The summed E-state index contributed by atoms with van der Waals surface area (Å²) in [7, 11) is 5.23. The van der Waals surface area contributed by atoms with E-state index in [1.54, 1.807) is 0 Å². The van der Waals surface area contributed by atoms with Crippen LogP contribution in [0.4, 0.5) is 0 Å². The van der Waals surface area contributed by atoms with E-state index in [2.05, 4.69) is 12.2 Å². The molecule has 0 aromatic carbocycles. The average molecular weight is 208 g/mol. The number of ether oxygens (including phenoxy) is 1. The Morgan fingerprint density at radius 2 is 2.10 bits per heavy atom. The Bertz CT molecular complexity index is 93.7. The maximum atomic E-state index is 5.23. The molecule has 0 aliphatic heterocycles. The largest absolute Gasteiger partial charge is 0.471 e. The Kier molecular flexibility index (Phi) is 12.2. The molecule has 10 heavy (non-hydrogen) atoms. The Morgan fingerprint density at radius 3 is 2.50 bits per heavy atom. The molecule has 2 N–H and O–H groups in total. The quantitative estimate of drug-likeness (QED) is 0.418. The molecular weight excluding hydrogens is 198 g/mol. The number of hydrogen-bond acceptors (Lipinski definition) is 2. The molecule has 2 nitrogen and oxygen atoms in total. The number of unbranched alkanes of at least 4 members (excludes halogenated alkanes) is 1. The summed E-state index contributed by atoms with van der Waals surface area (Å²) in [5, 5.41) is 0.118. The summed E-state index contributed by atoms with van der Waals surface area (Å²) in [6.07, 6.45) is 2.58.